The van der Waals surface area contributed by atoms with Crippen molar-refractivity contribution in [3.63, 3.8) is 0 Å². The van der Waals surface area contributed by atoms with Crippen molar-refractivity contribution in [1.29, 1.82) is 0 Å². The van der Waals surface area contributed by atoms with Crippen LogP contribution in [0, 0.1) is 17.6 Å². The number of thioether (sulfide) groups is 1. The van der Waals surface area contributed by atoms with Gasteiger partial charge in [-0.3, -0.25) is 0 Å². The molecule has 0 amide bonds. The molecule has 0 radical (unpaired) electrons. The second-order valence-electron chi connectivity index (χ2n) is 6.61. The number of halogens is 2. The van der Waals surface area contributed by atoms with Gasteiger partial charge in [0, 0.05) is 16.6 Å². The molecule has 0 saturated carbocycles. The van der Waals surface area contributed by atoms with E-state index in [9.17, 15) is 8.78 Å². The van der Waals surface area contributed by atoms with Crippen LogP contribution in [0.15, 0.2) is 41.3 Å². The standard InChI is InChI=1S/C21H24F2S/c1-3-7-14(8-4-2)21-16-9-5-6-10-20(16)24-13-15-11-18(22)19(23)12-17(15)21/h5-6,9-12,14,21H,3-4,7-8,13H2,1-2H3/t21-/m1/s1. The van der Waals surface area contributed by atoms with Crippen molar-refractivity contribution in [1.82, 2.24) is 0 Å². The summed E-state index contributed by atoms with van der Waals surface area (Å²) < 4.78 is 27.9. The highest BCUT2D eigenvalue weighted by Crippen LogP contribution is 2.46. The van der Waals surface area contributed by atoms with Crippen molar-refractivity contribution in [2.45, 2.75) is 56.1 Å². The van der Waals surface area contributed by atoms with Gasteiger partial charge in [0.05, 0.1) is 0 Å². The average Bonchev–Trinajstić information content (AvgIpc) is 2.72. The summed E-state index contributed by atoms with van der Waals surface area (Å²) in [4.78, 5) is 1.25. The molecule has 0 fully saturated rings. The van der Waals surface area contributed by atoms with Gasteiger partial charge in [-0.25, -0.2) is 8.78 Å². The Kier molecular flexibility index (Phi) is 5.60. The number of hydrogen-bond acceptors (Lipinski definition) is 1. The van der Waals surface area contributed by atoms with Crippen molar-refractivity contribution in [3.05, 3.63) is 64.7 Å². The molecule has 24 heavy (non-hydrogen) atoms. The van der Waals surface area contributed by atoms with Crippen LogP contribution in [0.5, 0.6) is 0 Å². The van der Waals surface area contributed by atoms with Crippen LogP contribution in [0.4, 0.5) is 8.78 Å². The Morgan fingerprint density at radius 1 is 1.00 bits per heavy atom. The Labute approximate surface area is 147 Å². The zero-order valence-corrected chi connectivity index (χ0v) is 15.1. The summed E-state index contributed by atoms with van der Waals surface area (Å²) in [6, 6.07) is 11.3. The van der Waals surface area contributed by atoms with Crippen LogP contribution < -0.4 is 0 Å². The number of hydrogen-bond donors (Lipinski definition) is 0. The number of fused-ring (bicyclic) bond motifs is 2. The summed E-state index contributed by atoms with van der Waals surface area (Å²) in [6.07, 6.45) is 4.43. The first-order valence-corrected chi connectivity index (χ1v) is 9.83. The van der Waals surface area contributed by atoms with E-state index in [-0.39, 0.29) is 5.92 Å². The number of benzene rings is 2. The molecule has 3 heteroatoms. The smallest absolute Gasteiger partial charge is 0.159 e. The lowest BCUT2D eigenvalue weighted by atomic mass is 9.75. The molecular weight excluding hydrogens is 322 g/mol. The largest absolute Gasteiger partial charge is 0.204 e. The molecule has 0 nitrogen and oxygen atoms in total. The van der Waals surface area contributed by atoms with E-state index in [1.165, 1.54) is 22.6 Å². The van der Waals surface area contributed by atoms with Gasteiger partial charge in [0.1, 0.15) is 0 Å². The molecule has 128 valence electrons. The Bertz CT molecular complexity index is 705. The molecule has 2 aromatic carbocycles. The SMILES string of the molecule is CCCC(CCC)[C@H]1c2cc(F)c(F)cc2CSc2ccccc21. The van der Waals surface area contributed by atoms with E-state index >= 15 is 0 Å². The Morgan fingerprint density at radius 3 is 2.38 bits per heavy atom. The first-order valence-electron chi connectivity index (χ1n) is 8.85. The average molecular weight is 346 g/mol. The Morgan fingerprint density at radius 2 is 1.67 bits per heavy atom. The van der Waals surface area contributed by atoms with E-state index < -0.39 is 11.6 Å². The van der Waals surface area contributed by atoms with E-state index in [1.54, 1.807) is 11.8 Å². The summed E-state index contributed by atoms with van der Waals surface area (Å²) in [7, 11) is 0. The van der Waals surface area contributed by atoms with Gasteiger partial charge in [-0.2, -0.15) is 0 Å². The molecule has 1 aliphatic heterocycles. The van der Waals surface area contributed by atoms with Gasteiger partial charge in [-0.15, -0.1) is 11.8 Å². The van der Waals surface area contributed by atoms with E-state index in [2.05, 4.69) is 38.1 Å². The maximum Gasteiger partial charge on any atom is 0.159 e. The molecule has 0 aromatic heterocycles. The van der Waals surface area contributed by atoms with Crippen LogP contribution in [0.1, 0.15) is 62.1 Å². The minimum atomic E-state index is -0.735. The molecule has 1 atom stereocenters. The molecular formula is C21H24F2S. The minimum absolute atomic E-state index is 0.154. The molecule has 1 heterocycles. The van der Waals surface area contributed by atoms with Gasteiger partial charge in [-0.05, 0) is 53.6 Å². The Hall–Kier alpha value is -1.35. The second kappa shape index (κ2) is 7.69. The van der Waals surface area contributed by atoms with Crippen molar-refractivity contribution in [2.75, 3.05) is 0 Å². The van der Waals surface area contributed by atoms with Crippen LogP contribution in [-0.4, -0.2) is 0 Å². The lowest BCUT2D eigenvalue weighted by Crippen LogP contribution is -2.16. The van der Waals surface area contributed by atoms with Gasteiger partial charge in [0.2, 0.25) is 0 Å². The summed E-state index contributed by atoms with van der Waals surface area (Å²) in [5.74, 6) is -0.147. The van der Waals surface area contributed by atoms with Crippen LogP contribution in [0.2, 0.25) is 0 Å². The lowest BCUT2D eigenvalue weighted by molar-refractivity contribution is 0.390. The Balaban J connectivity index is 2.18. The molecule has 0 N–H and O–H groups in total. The van der Waals surface area contributed by atoms with Crippen LogP contribution in [0.3, 0.4) is 0 Å². The monoisotopic (exact) mass is 346 g/mol. The fraction of sp³-hybridized carbons (Fsp3) is 0.429. The normalized spacial score (nSPS) is 16.6. The third kappa shape index (κ3) is 3.37. The quantitative estimate of drug-likeness (QED) is 0.566. The molecule has 1 aliphatic rings. The first-order chi connectivity index (χ1) is 11.7. The third-order valence-electron chi connectivity index (χ3n) is 4.94. The van der Waals surface area contributed by atoms with Gasteiger partial charge >= 0.3 is 0 Å². The lowest BCUT2D eigenvalue weighted by Gasteiger charge is -2.29. The maximum absolute atomic E-state index is 14.0. The van der Waals surface area contributed by atoms with Crippen molar-refractivity contribution in [3.8, 4) is 0 Å². The van der Waals surface area contributed by atoms with E-state index in [0.717, 1.165) is 36.8 Å². The van der Waals surface area contributed by atoms with Crippen molar-refractivity contribution in [2.24, 2.45) is 5.92 Å². The van der Waals surface area contributed by atoms with Crippen LogP contribution in [-0.2, 0) is 5.75 Å². The molecule has 0 aliphatic carbocycles. The van der Waals surface area contributed by atoms with Gasteiger partial charge in [-0.1, -0.05) is 44.9 Å². The maximum atomic E-state index is 14.0. The second-order valence-corrected chi connectivity index (χ2v) is 7.62. The minimum Gasteiger partial charge on any atom is -0.204 e. The molecule has 0 bridgehead atoms. The predicted molar refractivity (Wildman–Crippen MR) is 97.5 cm³/mol. The van der Waals surface area contributed by atoms with E-state index in [4.69, 9.17) is 0 Å². The molecule has 0 saturated heterocycles. The highest BCUT2D eigenvalue weighted by Gasteiger charge is 2.31. The van der Waals surface area contributed by atoms with Crippen LogP contribution >= 0.6 is 11.8 Å². The fourth-order valence-electron chi connectivity index (χ4n) is 3.94. The fourth-order valence-corrected chi connectivity index (χ4v) is 5.03. The highest BCUT2D eigenvalue weighted by atomic mass is 32.2. The highest BCUT2D eigenvalue weighted by molar-refractivity contribution is 7.98. The molecule has 2 aromatic rings. The number of rotatable bonds is 5. The van der Waals surface area contributed by atoms with E-state index in [0.29, 0.717) is 11.7 Å². The van der Waals surface area contributed by atoms with E-state index in [1.807, 2.05) is 0 Å². The summed E-state index contributed by atoms with van der Waals surface area (Å²) in [5, 5.41) is 0. The first kappa shape index (κ1) is 17.5. The summed E-state index contributed by atoms with van der Waals surface area (Å²) in [6.45, 7) is 4.40. The van der Waals surface area contributed by atoms with Gasteiger partial charge in [0.15, 0.2) is 11.6 Å². The summed E-state index contributed by atoms with van der Waals surface area (Å²) in [5.41, 5.74) is 3.20. The van der Waals surface area contributed by atoms with Crippen molar-refractivity contribution < 1.29 is 8.78 Å². The zero-order chi connectivity index (χ0) is 17.1. The molecule has 0 spiro atoms. The van der Waals surface area contributed by atoms with Gasteiger partial charge in [0.25, 0.3) is 0 Å². The topological polar surface area (TPSA) is 0 Å². The summed E-state index contributed by atoms with van der Waals surface area (Å²) >= 11 is 1.74. The predicted octanol–water partition coefficient (Wildman–Crippen LogP) is 6.92. The third-order valence-corrected chi connectivity index (χ3v) is 6.08. The van der Waals surface area contributed by atoms with Gasteiger partial charge < -0.3 is 0 Å². The zero-order valence-electron chi connectivity index (χ0n) is 14.3. The van der Waals surface area contributed by atoms with Crippen LogP contribution in [0.25, 0.3) is 0 Å². The van der Waals surface area contributed by atoms with Crippen molar-refractivity contribution >= 4 is 11.8 Å². The molecule has 3 rings (SSSR count). The molecule has 0 unspecified atom stereocenters.